The Balaban J connectivity index is 2.17. The van der Waals surface area contributed by atoms with Gasteiger partial charge in [0.1, 0.15) is 0 Å². The molecule has 1 aliphatic rings. The molecule has 0 unspecified atom stereocenters. The molecule has 20 heavy (non-hydrogen) atoms. The van der Waals surface area contributed by atoms with Crippen LogP contribution in [0.15, 0.2) is 72.8 Å². The van der Waals surface area contributed by atoms with Crippen LogP contribution in [0.5, 0.6) is 0 Å². The number of benzene rings is 3. The number of para-hydroxylation sites is 2. The molecule has 3 aromatic rings. The predicted molar refractivity (Wildman–Crippen MR) is 83.6 cm³/mol. The van der Waals surface area contributed by atoms with Crippen molar-refractivity contribution >= 4 is 11.4 Å². The lowest BCUT2D eigenvalue weighted by Gasteiger charge is -2.20. The molecule has 0 radical (unpaired) electrons. The van der Waals surface area contributed by atoms with E-state index in [2.05, 4.69) is 60.7 Å². The lowest BCUT2D eigenvalue weighted by molar-refractivity contribution is 1.09. The molecule has 0 spiro atoms. The van der Waals surface area contributed by atoms with E-state index in [0.717, 1.165) is 11.4 Å². The highest BCUT2D eigenvalue weighted by molar-refractivity contribution is 5.98. The summed E-state index contributed by atoms with van der Waals surface area (Å²) in [7, 11) is 0. The first-order chi connectivity index (χ1) is 9.86. The number of nitrogens with two attached hydrogens (primary N) is 1. The smallest absolute Gasteiger partial charge is 0.0654 e. The average molecular weight is 258 g/mol. The highest BCUT2D eigenvalue weighted by Gasteiger charge is 2.21. The molecule has 4 rings (SSSR count). The Hall–Kier alpha value is -2.58. The Bertz CT molecular complexity index is 726. The molecule has 1 aliphatic heterocycles. The summed E-state index contributed by atoms with van der Waals surface area (Å²) in [5.41, 5.74) is 6.85. The van der Waals surface area contributed by atoms with Crippen molar-refractivity contribution in [3.63, 3.8) is 0 Å². The molecule has 2 heteroatoms. The maximum atomic E-state index is 6.37. The van der Waals surface area contributed by atoms with Gasteiger partial charge in [0.2, 0.25) is 0 Å². The second kappa shape index (κ2) is 4.22. The van der Waals surface area contributed by atoms with Crippen molar-refractivity contribution < 1.29 is 0 Å². The van der Waals surface area contributed by atoms with E-state index in [9.17, 15) is 0 Å². The molecule has 0 aromatic heterocycles. The van der Waals surface area contributed by atoms with Gasteiger partial charge in [-0.2, -0.15) is 0 Å². The van der Waals surface area contributed by atoms with Gasteiger partial charge in [0.25, 0.3) is 0 Å². The van der Waals surface area contributed by atoms with Crippen LogP contribution in [-0.2, 0) is 0 Å². The molecular weight excluding hydrogens is 244 g/mol. The highest BCUT2D eigenvalue weighted by Crippen LogP contribution is 2.45. The minimum atomic E-state index is 1.03. The summed E-state index contributed by atoms with van der Waals surface area (Å²) in [5, 5.41) is 1.78. The fourth-order valence-electron chi connectivity index (χ4n) is 2.91. The van der Waals surface area contributed by atoms with Gasteiger partial charge in [0.15, 0.2) is 0 Å². The van der Waals surface area contributed by atoms with E-state index in [1.165, 1.54) is 22.3 Å². The van der Waals surface area contributed by atoms with Gasteiger partial charge in [-0.25, -0.2) is 5.84 Å². The largest absolute Gasteiger partial charge is 0.278 e. The number of hydrogen-bond acceptors (Lipinski definition) is 2. The summed E-state index contributed by atoms with van der Waals surface area (Å²) in [6, 6.07) is 25.0. The average Bonchev–Trinajstić information content (AvgIpc) is 2.64. The van der Waals surface area contributed by atoms with E-state index in [1.54, 1.807) is 5.01 Å². The number of fused-ring (bicyclic) bond motifs is 5. The Morgan fingerprint density at radius 1 is 0.500 bits per heavy atom. The molecular formula is C18H14N2. The third kappa shape index (κ3) is 1.49. The molecule has 0 saturated heterocycles. The lowest BCUT2D eigenvalue weighted by atomic mass is 9.95. The van der Waals surface area contributed by atoms with Crippen LogP contribution in [0.4, 0.5) is 11.4 Å². The Morgan fingerprint density at radius 2 is 0.850 bits per heavy atom. The SMILES string of the molecule is NN1c2ccccc2-c2ccccc2-c2ccccc21. The zero-order valence-electron chi connectivity index (χ0n) is 11.0. The fourth-order valence-corrected chi connectivity index (χ4v) is 2.91. The maximum absolute atomic E-state index is 6.37. The van der Waals surface area contributed by atoms with Crippen molar-refractivity contribution in [2.24, 2.45) is 5.84 Å². The van der Waals surface area contributed by atoms with E-state index in [0.29, 0.717) is 0 Å². The van der Waals surface area contributed by atoms with Crippen LogP contribution in [0.2, 0.25) is 0 Å². The van der Waals surface area contributed by atoms with Crippen molar-refractivity contribution in [1.29, 1.82) is 0 Å². The number of hydrogen-bond donors (Lipinski definition) is 1. The van der Waals surface area contributed by atoms with E-state index in [1.807, 2.05) is 12.1 Å². The van der Waals surface area contributed by atoms with Crippen LogP contribution in [0, 0.1) is 0 Å². The molecule has 3 aromatic carbocycles. The number of anilines is 2. The van der Waals surface area contributed by atoms with Gasteiger partial charge in [-0.1, -0.05) is 60.7 Å². The molecule has 0 fully saturated rings. The van der Waals surface area contributed by atoms with Crippen LogP contribution in [-0.4, -0.2) is 0 Å². The van der Waals surface area contributed by atoms with Crippen LogP contribution in [0.1, 0.15) is 0 Å². The van der Waals surface area contributed by atoms with E-state index < -0.39 is 0 Å². The van der Waals surface area contributed by atoms with Crippen LogP contribution >= 0.6 is 0 Å². The quantitative estimate of drug-likeness (QED) is 0.607. The van der Waals surface area contributed by atoms with Crippen LogP contribution < -0.4 is 10.9 Å². The third-order valence-electron chi connectivity index (χ3n) is 3.83. The van der Waals surface area contributed by atoms with Crippen molar-refractivity contribution in [2.75, 3.05) is 5.01 Å². The molecule has 2 N–H and O–H groups in total. The molecule has 1 heterocycles. The number of hydrazine groups is 1. The topological polar surface area (TPSA) is 29.3 Å². The molecule has 0 amide bonds. The van der Waals surface area contributed by atoms with Gasteiger partial charge >= 0.3 is 0 Å². The summed E-state index contributed by atoms with van der Waals surface area (Å²) in [6.07, 6.45) is 0. The van der Waals surface area contributed by atoms with Gasteiger partial charge in [0, 0.05) is 11.1 Å². The standard InChI is InChI=1S/C18H14N2/c19-20-17-11-5-3-9-15(17)13-7-1-2-8-14(13)16-10-4-6-12-18(16)20/h1-12H,19H2. The van der Waals surface area contributed by atoms with Gasteiger partial charge in [0.05, 0.1) is 11.4 Å². The second-order valence-corrected chi connectivity index (χ2v) is 4.95. The predicted octanol–water partition coefficient (Wildman–Crippen LogP) is 4.35. The summed E-state index contributed by atoms with van der Waals surface area (Å²) in [6.45, 7) is 0. The second-order valence-electron chi connectivity index (χ2n) is 4.95. The number of nitrogens with zero attached hydrogens (tertiary/aromatic N) is 1. The molecule has 0 bridgehead atoms. The van der Waals surface area contributed by atoms with Crippen molar-refractivity contribution in [2.45, 2.75) is 0 Å². The lowest BCUT2D eigenvalue weighted by Crippen LogP contribution is -2.25. The van der Waals surface area contributed by atoms with E-state index in [4.69, 9.17) is 5.84 Å². The first-order valence-corrected chi connectivity index (χ1v) is 6.69. The Labute approximate surface area is 118 Å². The van der Waals surface area contributed by atoms with E-state index in [-0.39, 0.29) is 0 Å². The normalized spacial score (nSPS) is 12.2. The van der Waals surface area contributed by atoms with Gasteiger partial charge in [-0.3, -0.25) is 5.01 Å². The third-order valence-corrected chi connectivity index (χ3v) is 3.83. The van der Waals surface area contributed by atoms with Gasteiger partial charge < -0.3 is 0 Å². The van der Waals surface area contributed by atoms with Gasteiger partial charge in [-0.15, -0.1) is 0 Å². The maximum Gasteiger partial charge on any atom is 0.0654 e. The monoisotopic (exact) mass is 258 g/mol. The van der Waals surface area contributed by atoms with Gasteiger partial charge in [-0.05, 0) is 23.3 Å². The van der Waals surface area contributed by atoms with Crippen molar-refractivity contribution in [3.8, 4) is 22.3 Å². The Kier molecular flexibility index (Phi) is 2.38. The fraction of sp³-hybridized carbons (Fsp3) is 0. The summed E-state index contributed by atoms with van der Waals surface area (Å²) in [5.74, 6) is 6.37. The molecule has 96 valence electrons. The van der Waals surface area contributed by atoms with E-state index >= 15 is 0 Å². The molecule has 0 aliphatic carbocycles. The highest BCUT2D eigenvalue weighted by atomic mass is 15.4. The van der Waals surface area contributed by atoms with Crippen LogP contribution in [0.25, 0.3) is 22.3 Å². The molecule has 0 atom stereocenters. The Morgan fingerprint density at radius 3 is 1.30 bits per heavy atom. The zero-order chi connectivity index (χ0) is 13.5. The first-order valence-electron chi connectivity index (χ1n) is 6.69. The van der Waals surface area contributed by atoms with Crippen molar-refractivity contribution in [3.05, 3.63) is 72.8 Å². The minimum absolute atomic E-state index is 1.03. The zero-order valence-corrected chi connectivity index (χ0v) is 11.0. The van der Waals surface area contributed by atoms with Crippen LogP contribution in [0.3, 0.4) is 0 Å². The number of rotatable bonds is 0. The molecule has 0 saturated carbocycles. The summed E-state index contributed by atoms with van der Waals surface area (Å²) >= 11 is 0. The summed E-state index contributed by atoms with van der Waals surface area (Å²) in [4.78, 5) is 0. The molecule has 2 nitrogen and oxygen atoms in total. The first kappa shape index (κ1) is 11.3. The van der Waals surface area contributed by atoms with Crippen molar-refractivity contribution in [1.82, 2.24) is 0 Å². The minimum Gasteiger partial charge on any atom is -0.278 e. The summed E-state index contributed by atoms with van der Waals surface area (Å²) < 4.78 is 0.